The molecule has 0 aromatic carbocycles. The zero-order chi connectivity index (χ0) is 19.2. The Morgan fingerprint density at radius 3 is 2.40 bits per heavy atom. The molecule has 0 saturated carbocycles. The molecule has 0 amide bonds. The SMILES string of the molecule is NCCOP(=O)(O)O.Nc1ccn([C@@H]2O[C@H](CO)[C@@H](O)[C@H]2O)c(=O)n1. The molecule has 1 aliphatic rings. The standard InChI is InChI=1S/C9H13N3O5.C2H8NO4P/c10-5-1-2-12(9(16)11-5)8-7(15)6(14)4(3-13)17-8;3-1-2-7-8(4,5)6/h1-2,4,6-8,13-15H,3H2,(H2,10,11,16);1-3H2,(H2,4,5,6)/t4-,6-,7-,8-;/m1./s1. The largest absolute Gasteiger partial charge is 0.469 e. The Labute approximate surface area is 141 Å². The minimum atomic E-state index is -4.26. The minimum absolute atomic E-state index is 0.0537. The van der Waals surface area contributed by atoms with E-state index in [4.69, 9.17) is 31.1 Å². The number of aliphatic hydroxyl groups is 3. The summed E-state index contributed by atoms with van der Waals surface area (Å²) in [5.41, 5.74) is 9.50. The van der Waals surface area contributed by atoms with Gasteiger partial charge in [0.05, 0.1) is 13.2 Å². The third kappa shape index (κ3) is 6.43. The highest BCUT2D eigenvalue weighted by molar-refractivity contribution is 7.46. The Bertz CT molecular complexity index is 651. The van der Waals surface area contributed by atoms with Gasteiger partial charge in [-0.25, -0.2) is 9.36 Å². The van der Waals surface area contributed by atoms with Crippen LogP contribution in [0.25, 0.3) is 0 Å². The van der Waals surface area contributed by atoms with E-state index in [0.29, 0.717) is 0 Å². The summed E-state index contributed by atoms with van der Waals surface area (Å²) in [4.78, 5) is 31.0. The lowest BCUT2D eigenvalue weighted by molar-refractivity contribution is -0.0549. The lowest BCUT2D eigenvalue weighted by Gasteiger charge is -2.16. The van der Waals surface area contributed by atoms with Crippen LogP contribution in [-0.4, -0.2) is 72.7 Å². The number of nitrogens with two attached hydrogens (primary N) is 2. The molecular weight excluding hydrogens is 363 g/mol. The first-order valence-corrected chi connectivity index (χ1v) is 8.51. The summed E-state index contributed by atoms with van der Waals surface area (Å²) in [7, 11) is -4.26. The van der Waals surface area contributed by atoms with Gasteiger partial charge in [0.1, 0.15) is 24.1 Å². The Balaban J connectivity index is 0.000000333. The Morgan fingerprint density at radius 1 is 1.36 bits per heavy atom. The van der Waals surface area contributed by atoms with Crippen molar-refractivity contribution in [3.63, 3.8) is 0 Å². The minimum Gasteiger partial charge on any atom is -0.394 e. The van der Waals surface area contributed by atoms with Gasteiger partial charge in [-0.1, -0.05) is 0 Å². The van der Waals surface area contributed by atoms with Gasteiger partial charge >= 0.3 is 13.5 Å². The third-order valence-corrected chi connectivity index (χ3v) is 3.54. The fourth-order valence-corrected chi connectivity index (χ4v) is 2.24. The summed E-state index contributed by atoms with van der Waals surface area (Å²) < 4.78 is 19.9. The van der Waals surface area contributed by atoms with Crippen molar-refractivity contribution in [2.75, 3.05) is 25.5 Å². The van der Waals surface area contributed by atoms with Crippen LogP contribution in [0.2, 0.25) is 0 Å². The predicted octanol–water partition coefficient (Wildman–Crippen LogP) is -3.51. The predicted molar refractivity (Wildman–Crippen MR) is 83.0 cm³/mol. The Morgan fingerprint density at radius 2 is 2.00 bits per heavy atom. The van der Waals surface area contributed by atoms with Crippen LogP contribution in [0.4, 0.5) is 5.82 Å². The first kappa shape index (κ1) is 21.6. The van der Waals surface area contributed by atoms with Crippen molar-refractivity contribution in [3.05, 3.63) is 22.7 Å². The average Bonchev–Trinajstić information content (AvgIpc) is 2.81. The van der Waals surface area contributed by atoms with Gasteiger partial charge in [-0.05, 0) is 6.07 Å². The summed E-state index contributed by atoms with van der Waals surface area (Å²) in [5.74, 6) is 0.0537. The van der Waals surface area contributed by atoms with E-state index in [9.17, 15) is 19.6 Å². The van der Waals surface area contributed by atoms with Crippen LogP contribution in [0.3, 0.4) is 0 Å². The second kappa shape index (κ2) is 9.33. The molecule has 1 aromatic heterocycles. The molecule has 144 valence electrons. The van der Waals surface area contributed by atoms with Gasteiger partial charge < -0.3 is 41.3 Å². The van der Waals surface area contributed by atoms with Gasteiger partial charge in [0.15, 0.2) is 6.23 Å². The summed E-state index contributed by atoms with van der Waals surface area (Å²) in [6.45, 7) is -0.443. The van der Waals surface area contributed by atoms with E-state index in [-0.39, 0.29) is 19.0 Å². The molecule has 2 rings (SSSR count). The molecule has 0 unspecified atom stereocenters. The third-order valence-electron chi connectivity index (χ3n) is 3.02. The number of anilines is 1. The van der Waals surface area contributed by atoms with E-state index >= 15 is 0 Å². The molecule has 0 spiro atoms. The number of rotatable bonds is 5. The van der Waals surface area contributed by atoms with E-state index < -0.39 is 44.7 Å². The lowest BCUT2D eigenvalue weighted by atomic mass is 10.1. The number of phosphoric acid groups is 1. The highest BCUT2D eigenvalue weighted by atomic mass is 31.2. The fourth-order valence-electron chi connectivity index (χ4n) is 1.90. The number of hydrogen-bond acceptors (Lipinski definition) is 10. The van der Waals surface area contributed by atoms with E-state index in [2.05, 4.69) is 9.51 Å². The molecule has 2 heterocycles. The van der Waals surface area contributed by atoms with Gasteiger partial charge in [0.25, 0.3) is 0 Å². The van der Waals surface area contributed by atoms with E-state index in [1.165, 1.54) is 12.3 Å². The Kier molecular flexibility index (Phi) is 8.08. The smallest absolute Gasteiger partial charge is 0.394 e. The molecule has 0 radical (unpaired) electrons. The molecule has 1 aliphatic heterocycles. The molecule has 1 fully saturated rings. The van der Waals surface area contributed by atoms with E-state index in [1.54, 1.807) is 0 Å². The number of ether oxygens (including phenoxy) is 1. The molecule has 13 nitrogen and oxygen atoms in total. The van der Waals surface area contributed by atoms with Gasteiger partial charge in [-0.15, -0.1) is 0 Å². The van der Waals surface area contributed by atoms with Gasteiger partial charge in [-0.2, -0.15) is 4.98 Å². The zero-order valence-electron chi connectivity index (χ0n) is 13.0. The molecule has 14 heteroatoms. The van der Waals surface area contributed by atoms with Crippen molar-refractivity contribution >= 4 is 13.6 Å². The highest BCUT2D eigenvalue weighted by Crippen LogP contribution is 2.34. The fraction of sp³-hybridized carbons (Fsp3) is 0.636. The quantitative estimate of drug-likeness (QED) is 0.245. The maximum absolute atomic E-state index is 11.5. The van der Waals surface area contributed by atoms with Crippen LogP contribution >= 0.6 is 7.82 Å². The number of aromatic nitrogens is 2. The normalized spacial score (nSPS) is 26.2. The van der Waals surface area contributed by atoms with Crippen molar-refractivity contribution in [2.45, 2.75) is 24.5 Å². The molecule has 1 aromatic rings. The van der Waals surface area contributed by atoms with E-state index in [1.807, 2.05) is 0 Å². The van der Waals surface area contributed by atoms with Crippen molar-refractivity contribution in [3.8, 4) is 0 Å². The van der Waals surface area contributed by atoms with Crippen molar-refractivity contribution in [1.29, 1.82) is 0 Å². The van der Waals surface area contributed by atoms with Gasteiger partial charge in [0, 0.05) is 12.7 Å². The van der Waals surface area contributed by atoms with Gasteiger partial charge in [-0.3, -0.25) is 9.09 Å². The molecular formula is C11H21N4O9P. The van der Waals surface area contributed by atoms with Crippen LogP contribution in [0.1, 0.15) is 6.23 Å². The molecule has 9 N–H and O–H groups in total. The summed E-state index contributed by atoms with van der Waals surface area (Å²) >= 11 is 0. The van der Waals surface area contributed by atoms with Crippen LogP contribution in [0.5, 0.6) is 0 Å². The first-order valence-electron chi connectivity index (χ1n) is 6.98. The van der Waals surface area contributed by atoms with Crippen molar-refractivity contribution in [1.82, 2.24) is 9.55 Å². The van der Waals surface area contributed by atoms with Crippen LogP contribution in [-0.2, 0) is 13.8 Å². The number of phosphoric ester groups is 1. The van der Waals surface area contributed by atoms with Gasteiger partial charge in [0.2, 0.25) is 0 Å². The lowest BCUT2D eigenvalue weighted by Crippen LogP contribution is -2.36. The first-order chi connectivity index (χ1) is 11.6. The Hall–Kier alpha value is -1.41. The zero-order valence-corrected chi connectivity index (χ0v) is 13.8. The van der Waals surface area contributed by atoms with Crippen LogP contribution in [0, 0.1) is 0 Å². The average molecular weight is 384 g/mol. The van der Waals surface area contributed by atoms with Crippen LogP contribution in [0.15, 0.2) is 17.1 Å². The number of nitrogen functional groups attached to an aromatic ring is 1. The second-order valence-corrected chi connectivity index (χ2v) is 6.12. The second-order valence-electron chi connectivity index (χ2n) is 4.88. The topological polar surface area (TPSA) is 224 Å². The monoisotopic (exact) mass is 384 g/mol. The van der Waals surface area contributed by atoms with Crippen LogP contribution < -0.4 is 17.2 Å². The van der Waals surface area contributed by atoms with Crippen molar-refractivity contribution < 1.29 is 38.9 Å². The maximum atomic E-state index is 11.5. The molecule has 0 aliphatic carbocycles. The van der Waals surface area contributed by atoms with Crippen molar-refractivity contribution in [2.24, 2.45) is 5.73 Å². The highest BCUT2D eigenvalue weighted by Gasteiger charge is 2.43. The maximum Gasteiger partial charge on any atom is 0.469 e. The molecule has 1 saturated heterocycles. The molecule has 25 heavy (non-hydrogen) atoms. The number of hydrogen-bond donors (Lipinski definition) is 7. The van der Waals surface area contributed by atoms with E-state index in [0.717, 1.165) is 4.57 Å². The summed E-state index contributed by atoms with van der Waals surface area (Å²) in [6.07, 6.45) is -3.27. The molecule has 0 bridgehead atoms. The summed E-state index contributed by atoms with van der Waals surface area (Å²) in [5, 5.41) is 28.2. The molecule has 4 atom stereocenters. The summed E-state index contributed by atoms with van der Waals surface area (Å²) in [6, 6.07) is 1.37. The number of nitrogens with zero attached hydrogens (tertiary/aromatic N) is 2. The number of aliphatic hydroxyl groups excluding tert-OH is 3.